The first-order valence-electron chi connectivity index (χ1n) is 7.54. The maximum Gasteiger partial charge on any atom is 0.0412 e. The van der Waals surface area contributed by atoms with Gasteiger partial charge in [0, 0.05) is 5.02 Å². The zero-order valence-corrected chi connectivity index (χ0v) is 12.7. The van der Waals surface area contributed by atoms with Crippen molar-refractivity contribution in [3.8, 4) is 11.1 Å². The summed E-state index contributed by atoms with van der Waals surface area (Å²) in [7, 11) is 0. The second kappa shape index (κ2) is 4.34. The Morgan fingerprint density at radius 2 is 1.41 bits per heavy atom. The summed E-state index contributed by atoms with van der Waals surface area (Å²) < 4.78 is 0. The zero-order valence-electron chi connectivity index (χ0n) is 11.9. The monoisotopic (exact) mass is 300 g/mol. The number of benzene rings is 4. The zero-order chi connectivity index (χ0) is 14.7. The molecule has 0 radical (unpaired) electrons. The third-order valence-electron chi connectivity index (χ3n) is 4.75. The van der Waals surface area contributed by atoms with E-state index in [1.165, 1.54) is 43.8 Å². The quantitative estimate of drug-likeness (QED) is 0.298. The first-order valence-corrected chi connectivity index (χ1v) is 7.92. The van der Waals surface area contributed by atoms with E-state index >= 15 is 0 Å². The number of halogens is 1. The Balaban J connectivity index is 2.07. The minimum atomic E-state index is 0.806. The van der Waals surface area contributed by atoms with Crippen molar-refractivity contribution in [1.29, 1.82) is 0 Å². The van der Waals surface area contributed by atoms with E-state index in [0.717, 1.165) is 11.4 Å². The van der Waals surface area contributed by atoms with E-state index in [4.69, 9.17) is 11.6 Å². The summed E-state index contributed by atoms with van der Waals surface area (Å²) in [5, 5.41) is 6.05. The number of hydrogen-bond acceptors (Lipinski definition) is 0. The molecule has 4 aromatic rings. The van der Waals surface area contributed by atoms with Gasteiger partial charge in [-0.15, -0.1) is 0 Å². The molecule has 0 fully saturated rings. The van der Waals surface area contributed by atoms with Crippen LogP contribution < -0.4 is 0 Å². The Hall–Kier alpha value is -2.31. The fourth-order valence-electron chi connectivity index (χ4n) is 3.83. The first-order chi connectivity index (χ1) is 10.8. The van der Waals surface area contributed by atoms with Gasteiger partial charge in [-0.1, -0.05) is 66.2 Å². The van der Waals surface area contributed by atoms with Gasteiger partial charge in [0.05, 0.1) is 0 Å². The largest absolute Gasteiger partial charge is 0.0843 e. The molecule has 0 saturated carbocycles. The normalized spacial score (nSPS) is 12.6. The van der Waals surface area contributed by atoms with Crippen LogP contribution in [0, 0.1) is 0 Å². The van der Waals surface area contributed by atoms with Gasteiger partial charge >= 0.3 is 0 Å². The summed E-state index contributed by atoms with van der Waals surface area (Å²) in [6.45, 7) is 0. The van der Waals surface area contributed by atoms with Crippen LogP contribution in [0.25, 0.3) is 32.7 Å². The molecule has 4 aromatic carbocycles. The molecule has 5 rings (SSSR count). The van der Waals surface area contributed by atoms with Crippen LogP contribution in [0.1, 0.15) is 11.1 Å². The van der Waals surface area contributed by atoms with Gasteiger partial charge in [0.1, 0.15) is 0 Å². The van der Waals surface area contributed by atoms with E-state index in [0.29, 0.717) is 0 Å². The van der Waals surface area contributed by atoms with Gasteiger partial charge in [-0.25, -0.2) is 0 Å². The smallest absolute Gasteiger partial charge is 0.0412 e. The SMILES string of the molecule is Clc1ccc2c(c1)c1c(c3ccccc32)-c2ccccc2C1. The molecule has 0 heterocycles. The van der Waals surface area contributed by atoms with Crippen LogP contribution in [0.2, 0.25) is 5.02 Å². The van der Waals surface area contributed by atoms with Crippen molar-refractivity contribution in [2.24, 2.45) is 0 Å². The average molecular weight is 301 g/mol. The van der Waals surface area contributed by atoms with Crippen LogP contribution in [0.3, 0.4) is 0 Å². The molecule has 0 unspecified atom stereocenters. The molecule has 1 aliphatic rings. The highest BCUT2D eigenvalue weighted by Gasteiger charge is 2.23. The Labute approximate surface area is 134 Å². The van der Waals surface area contributed by atoms with E-state index in [2.05, 4.69) is 60.7 Å². The van der Waals surface area contributed by atoms with Crippen LogP contribution in [0.5, 0.6) is 0 Å². The Kier molecular flexibility index (Phi) is 2.42. The number of hydrogen-bond donors (Lipinski definition) is 0. The van der Waals surface area contributed by atoms with Crippen molar-refractivity contribution >= 4 is 33.1 Å². The van der Waals surface area contributed by atoms with Crippen LogP contribution in [0.15, 0.2) is 66.7 Å². The maximum absolute atomic E-state index is 6.28. The second-order valence-electron chi connectivity index (χ2n) is 5.92. The molecule has 22 heavy (non-hydrogen) atoms. The van der Waals surface area contributed by atoms with Crippen molar-refractivity contribution in [3.63, 3.8) is 0 Å². The van der Waals surface area contributed by atoms with Gasteiger partial charge in [-0.05, 0) is 62.4 Å². The molecule has 0 saturated heterocycles. The van der Waals surface area contributed by atoms with E-state index in [1.807, 2.05) is 6.07 Å². The predicted molar refractivity (Wildman–Crippen MR) is 94.7 cm³/mol. The van der Waals surface area contributed by atoms with Gasteiger partial charge in [0.25, 0.3) is 0 Å². The molecule has 1 aliphatic carbocycles. The van der Waals surface area contributed by atoms with Gasteiger partial charge in [0.2, 0.25) is 0 Å². The second-order valence-corrected chi connectivity index (χ2v) is 6.36. The van der Waals surface area contributed by atoms with Crippen LogP contribution in [-0.2, 0) is 6.42 Å². The molecule has 0 aromatic heterocycles. The molecular weight excluding hydrogens is 288 g/mol. The van der Waals surface area contributed by atoms with Gasteiger partial charge in [-0.2, -0.15) is 0 Å². The van der Waals surface area contributed by atoms with Crippen molar-refractivity contribution in [2.45, 2.75) is 6.42 Å². The topological polar surface area (TPSA) is 0 Å². The van der Waals surface area contributed by atoms with Crippen molar-refractivity contribution in [1.82, 2.24) is 0 Å². The standard InChI is InChI=1S/C21H13Cl/c22-14-9-10-17-16-7-3-4-8-18(16)21-15-6-2-1-5-13(15)11-20(21)19(17)12-14/h1-10,12H,11H2. The van der Waals surface area contributed by atoms with Gasteiger partial charge in [-0.3, -0.25) is 0 Å². The van der Waals surface area contributed by atoms with Gasteiger partial charge in [0.15, 0.2) is 0 Å². The molecule has 1 heteroatoms. The summed E-state index contributed by atoms with van der Waals surface area (Å²) in [6, 6.07) is 23.7. The van der Waals surface area contributed by atoms with E-state index in [1.54, 1.807) is 0 Å². The lowest BCUT2D eigenvalue weighted by atomic mass is 9.92. The fraction of sp³-hybridized carbons (Fsp3) is 0.0476. The fourth-order valence-corrected chi connectivity index (χ4v) is 4.01. The van der Waals surface area contributed by atoms with Crippen molar-refractivity contribution in [3.05, 3.63) is 82.9 Å². The molecule has 0 spiro atoms. The molecule has 0 N–H and O–H groups in total. The molecule has 0 atom stereocenters. The highest BCUT2D eigenvalue weighted by atomic mass is 35.5. The van der Waals surface area contributed by atoms with Crippen LogP contribution in [-0.4, -0.2) is 0 Å². The lowest BCUT2D eigenvalue weighted by Gasteiger charge is -2.12. The summed E-state index contributed by atoms with van der Waals surface area (Å²) in [6.07, 6.45) is 0.993. The first kappa shape index (κ1) is 12.3. The summed E-state index contributed by atoms with van der Waals surface area (Å²) in [5.41, 5.74) is 5.59. The summed E-state index contributed by atoms with van der Waals surface area (Å²) in [4.78, 5) is 0. The Bertz CT molecular complexity index is 1060. The summed E-state index contributed by atoms with van der Waals surface area (Å²) in [5.74, 6) is 0. The predicted octanol–water partition coefficient (Wildman–Crippen LogP) is 6.22. The number of fused-ring (bicyclic) bond motifs is 8. The van der Waals surface area contributed by atoms with E-state index in [9.17, 15) is 0 Å². The number of rotatable bonds is 0. The Morgan fingerprint density at radius 3 is 2.32 bits per heavy atom. The van der Waals surface area contributed by atoms with Crippen molar-refractivity contribution in [2.75, 3.05) is 0 Å². The molecule has 0 nitrogen and oxygen atoms in total. The summed E-state index contributed by atoms with van der Waals surface area (Å²) >= 11 is 6.28. The minimum Gasteiger partial charge on any atom is -0.0843 e. The van der Waals surface area contributed by atoms with Gasteiger partial charge < -0.3 is 0 Å². The van der Waals surface area contributed by atoms with Crippen LogP contribution in [0.4, 0.5) is 0 Å². The average Bonchev–Trinajstić information content (AvgIpc) is 2.95. The highest BCUT2D eigenvalue weighted by molar-refractivity contribution is 6.32. The maximum atomic E-state index is 6.28. The minimum absolute atomic E-state index is 0.806. The molecule has 0 bridgehead atoms. The third kappa shape index (κ3) is 1.53. The molecule has 0 amide bonds. The lowest BCUT2D eigenvalue weighted by molar-refractivity contribution is 1.29. The molecule has 0 aliphatic heterocycles. The Morgan fingerprint density at radius 1 is 0.682 bits per heavy atom. The lowest BCUT2D eigenvalue weighted by Crippen LogP contribution is -1.88. The molecule has 104 valence electrons. The third-order valence-corrected chi connectivity index (χ3v) is 4.98. The van der Waals surface area contributed by atoms with Crippen LogP contribution >= 0.6 is 11.6 Å². The molecular formula is C21H13Cl. The van der Waals surface area contributed by atoms with E-state index < -0.39 is 0 Å². The van der Waals surface area contributed by atoms with E-state index in [-0.39, 0.29) is 0 Å². The highest BCUT2D eigenvalue weighted by Crippen LogP contribution is 2.46. The van der Waals surface area contributed by atoms with Crippen molar-refractivity contribution < 1.29 is 0 Å².